The monoisotopic (exact) mass is 306 g/mol. The van der Waals surface area contributed by atoms with Crippen LogP contribution >= 0.6 is 11.3 Å². The molecule has 1 atom stereocenters. The first-order valence-corrected chi connectivity index (χ1v) is 7.85. The Hall–Kier alpha value is -1.59. The van der Waals surface area contributed by atoms with Crippen LogP contribution in [0.15, 0.2) is 24.3 Å². The molecule has 0 spiro atoms. The fraction of sp³-hybridized carbons (Fsp3) is 0.438. The van der Waals surface area contributed by atoms with Crippen LogP contribution in [0.4, 0.5) is 0 Å². The van der Waals surface area contributed by atoms with E-state index in [1.165, 1.54) is 0 Å². The van der Waals surface area contributed by atoms with Crippen molar-refractivity contribution in [3.05, 3.63) is 39.8 Å². The second-order valence-corrected chi connectivity index (χ2v) is 6.36. The molecule has 0 aliphatic heterocycles. The topological polar surface area (TPSA) is 57.4 Å². The molecule has 2 rings (SSSR count). The summed E-state index contributed by atoms with van der Waals surface area (Å²) in [5, 5.41) is 0.942. The highest BCUT2D eigenvalue weighted by Gasteiger charge is 2.17. The van der Waals surface area contributed by atoms with Crippen molar-refractivity contribution < 1.29 is 9.47 Å². The van der Waals surface area contributed by atoms with Crippen LogP contribution in [0.1, 0.15) is 48.3 Å². The van der Waals surface area contributed by atoms with Crippen LogP contribution in [0.25, 0.3) is 0 Å². The zero-order valence-corrected chi connectivity index (χ0v) is 13.7. The number of para-hydroxylation sites is 2. The lowest BCUT2D eigenvalue weighted by molar-refractivity contribution is 0.284. The summed E-state index contributed by atoms with van der Waals surface area (Å²) in [6.07, 6.45) is 0. The third-order valence-corrected chi connectivity index (χ3v) is 4.35. The maximum atomic E-state index is 6.03. The third kappa shape index (κ3) is 3.74. The summed E-state index contributed by atoms with van der Waals surface area (Å²) in [6, 6.07) is 7.61. The molecule has 0 aliphatic rings. The molecule has 0 bridgehead atoms. The van der Waals surface area contributed by atoms with Gasteiger partial charge in [-0.15, -0.1) is 11.3 Å². The van der Waals surface area contributed by atoms with Gasteiger partial charge < -0.3 is 15.2 Å². The Morgan fingerprint density at radius 3 is 2.38 bits per heavy atom. The van der Waals surface area contributed by atoms with Gasteiger partial charge in [0.2, 0.25) is 0 Å². The number of thiazole rings is 1. The molecule has 0 saturated heterocycles. The lowest BCUT2D eigenvalue weighted by atomic mass is 10.1. The van der Waals surface area contributed by atoms with Crippen molar-refractivity contribution in [3.8, 4) is 11.5 Å². The van der Waals surface area contributed by atoms with Crippen molar-refractivity contribution in [1.82, 2.24) is 4.98 Å². The molecule has 1 heterocycles. The normalized spacial score (nSPS) is 12.5. The molecule has 1 unspecified atom stereocenters. The summed E-state index contributed by atoms with van der Waals surface area (Å²) in [7, 11) is 1.64. The molecule has 0 saturated carbocycles. The van der Waals surface area contributed by atoms with E-state index >= 15 is 0 Å². The van der Waals surface area contributed by atoms with Gasteiger partial charge in [0.15, 0.2) is 11.5 Å². The number of nitrogens with two attached hydrogens (primary N) is 1. The fourth-order valence-electron chi connectivity index (χ4n) is 2.07. The minimum atomic E-state index is -0.0000820. The average Bonchev–Trinajstić information content (AvgIpc) is 2.90. The summed E-state index contributed by atoms with van der Waals surface area (Å²) in [4.78, 5) is 5.82. The molecule has 1 aromatic heterocycles. The van der Waals surface area contributed by atoms with E-state index in [4.69, 9.17) is 15.2 Å². The molecule has 2 N–H and O–H groups in total. The van der Waals surface area contributed by atoms with Gasteiger partial charge in [0.1, 0.15) is 11.6 Å². The van der Waals surface area contributed by atoms with Crippen molar-refractivity contribution in [1.29, 1.82) is 0 Å². The lowest BCUT2D eigenvalue weighted by Crippen LogP contribution is -2.06. The van der Waals surface area contributed by atoms with Gasteiger partial charge in [0, 0.05) is 10.9 Å². The van der Waals surface area contributed by atoms with E-state index in [-0.39, 0.29) is 6.04 Å². The number of ether oxygens (including phenoxy) is 2. The van der Waals surface area contributed by atoms with Gasteiger partial charge in [-0.1, -0.05) is 26.0 Å². The van der Waals surface area contributed by atoms with Crippen molar-refractivity contribution in [2.45, 2.75) is 39.3 Å². The maximum Gasteiger partial charge on any atom is 0.161 e. The number of benzene rings is 1. The van der Waals surface area contributed by atoms with Crippen molar-refractivity contribution in [2.24, 2.45) is 5.73 Å². The van der Waals surface area contributed by atoms with E-state index in [9.17, 15) is 0 Å². The zero-order valence-electron chi connectivity index (χ0n) is 12.9. The van der Waals surface area contributed by atoms with Gasteiger partial charge >= 0.3 is 0 Å². The zero-order chi connectivity index (χ0) is 15.4. The minimum Gasteiger partial charge on any atom is -0.493 e. The molecule has 0 aliphatic carbocycles. The molecule has 1 aromatic carbocycles. The first-order valence-electron chi connectivity index (χ1n) is 7.03. The molecule has 0 amide bonds. The smallest absolute Gasteiger partial charge is 0.161 e. The number of hydrogen-bond donors (Lipinski definition) is 1. The Kier molecular flexibility index (Phi) is 5.20. The van der Waals surface area contributed by atoms with Crippen molar-refractivity contribution >= 4 is 11.3 Å². The second kappa shape index (κ2) is 6.91. The maximum absolute atomic E-state index is 6.03. The van der Waals surface area contributed by atoms with Crippen LogP contribution < -0.4 is 15.2 Å². The number of rotatable bonds is 6. The molecule has 114 valence electrons. The summed E-state index contributed by atoms with van der Waals surface area (Å²) in [6.45, 7) is 6.68. The molecular weight excluding hydrogens is 284 g/mol. The largest absolute Gasteiger partial charge is 0.493 e. The van der Waals surface area contributed by atoms with E-state index < -0.39 is 0 Å². The molecule has 0 fully saturated rings. The van der Waals surface area contributed by atoms with Crippen LogP contribution in [0.5, 0.6) is 11.5 Å². The van der Waals surface area contributed by atoms with Gasteiger partial charge in [-0.25, -0.2) is 4.98 Å². The SMILES string of the molecule is COc1ccccc1OCc1nc(C(C)C)c(C(C)N)s1. The first kappa shape index (κ1) is 15.8. The van der Waals surface area contributed by atoms with Crippen LogP contribution in [0, 0.1) is 0 Å². The van der Waals surface area contributed by atoms with Gasteiger partial charge in [0.25, 0.3) is 0 Å². The molecule has 5 heteroatoms. The van der Waals surface area contributed by atoms with Gasteiger partial charge in [-0.3, -0.25) is 0 Å². The number of methoxy groups -OCH3 is 1. The standard InChI is InChI=1S/C16H22N2O2S/c1-10(2)15-16(11(3)17)21-14(18-15)9-20-13-8-6-5-7-12(13)19-4/h5-8,10-11H,9,17H2,1-4H3. The van der Waals surface area contributed by atoms with E-state index in [0.717, 1.165) is 27.1 Å². The van der Waals surface area contributed by atoms with Crippen molar-refractivity contribution in [2.75, 3.05) is 7.11 Å². The van der Waals surface area contributed by atoms with Crippen molar-refractivity contribution in [3.63, 3.8) is 0 Å². The Bertz CT molecular complexity index is 568. The van der Waals surface area contributed by atoms with E-state index in [2.05, 4.69) is 18.8 Å². The number of hydrogen-bond acceptors (Lipinski definition) is 5. The molecule has 2 aromatic rings. The van der Waals surface area contributed by atoms with Gasteiger partial charge in [-0.05, 0) is 25.0 Å². The molecule has 4 nitrogen and oxygen atoms in total. The summed E-state index contributed by atoms with van der Waals surface area (Å²) in [5.41, 5.74) is 7.11. The second-order valence-electron chi connectivity index (χ2n) is 5.24. The predicted octanol–water partition coefficient (Wildman–Crippen LogP) is 3.87. The Labute approximate surface area is 129 Å². The van der Waals surface area contributed by atoms with Gasteiger partial charge in [0.05, 0.1) is 12.8 Å². The quantitative estimate of drug-likeness (QED) is 0.880. The average molecular weight is 306 g/mol. The number of aromatic nitrogens is 1. The highest BCUT2D eigenvalue weighted by molar-refractivity contribution is 7.11. The Morgan fingerprint density at radius 1 is 1.19 bits per heavy atom. The summed E-state index contributed by atoms with van der Waals surface area (Å²) >= 11 is 1.63. The van der Waals surface area contributed by atoms with Crippen LogP contribution in [0.3, 0.4) is 0 Å². The highest BCUT2D eigenvalue weighted by atomic mass is 32.1. The first-order chi connectivity index (χ1) is 10.0. The molecule has 0 radical (unpaired) electrons. The van der Waals surface area contributed by atoms with Gasteiger partial charge in [-0.2, -0.15) is 0 Å². The Balaban J connectivity index is 2.15. The molecular formula is C16H22N2O2S. The van der Waals surface area contributed by atoms with E-state index in [1.807, 2.05) is 31.2 Å². The van der Waals surface area contributed by atoms with Crippen LogP contribution in [0.2, 0.25) is 0 Å². The number of nitrogens with zero attached hydrogens (tertiary/aromatic N) is 1. The summed E-state index contributed by atoms with van der Waals surface area (Å²) in [5.74, 6) is 1.82. The lowest BCUT2D eigenvalue weighted by Gasteiger charge is -2.08. The minimum absolute atomic E-state index is 0.0000820. The van der Waals surface area contributed by atoms with E-state index in [1.54, 1.807) is 18.4 Å². The third-order valence-electron chi connectivity index (χ3n) is 3.11. The van der Waals surface area contributed by atoms with E-state index in [0.29, 0.717) is 12.5 Å². The molecule has 21 heavy (non-hydrogen) atoms. The predicted molar refractivity (Wildman–Crippen MR) is 86.1 cm³/mol. The Morgan fingerprint density at radius 2 is 1.86 bits per heavy atom. The van der Waals surface area contributed by atoms with Crippen LogP contribution in [-0.2, 0) is 6.61 Å². The fourth-order valence-corrected chi connectivity index (χ4v) is 3.16. The summed E-state index contributed by atoms with van der Waals surface area (Å²) < 4.78 is 11.1. The highest BCUT2D eigenvalue weighted by Crippen LogP contribution is 2.31. The van der Waals surface area contributed by atoms with Crippen LogP contribution in [-0.4, -0.2) is 12.1 Å².